The van der Waals surface area contributed by atoms with Crippen LogP contribution in [0.15, 0.2) is 66.9 Å². The summed E-state index contributed by atoms with van der Waals surface area (Å²) < 4.78 is 0. The van der Waals surface area contributed by atoms with Crippen LogP contribution in [0, 0.1) is 6.92 Å². The van der Waals surface area contributed by atoms with Gasteiger partial charge in [-0.3, -0.25) is 9.69 Å². The van der Waals surface area contributed by atoms with Crippen molar-refractivity contribution in [3.63, 3.8) is 0 Å². The standard InChI is InChI=1S/C20H16ClN3O/c1-13-6-11-18(22-12-13)24-19(23-15-9-7-14(21)8-10-15)16-4-2-3-5-17(16)20(24)25/h2-12,19,23H,1H3/t19-/m1/s1. The highest BCUT2D eigenvalue weighted by Gasteiger charge is 2.38. The minimum absolute atomic E-state index is 0.0570. The summed E-state index contributed by atoms with van der Waals surface area (Å²) in [6, 6.07) is 18.9. The van der Waals surface area contributed by atoms with E-state index in [9.17, 15) is 4.79 Å². The molecule has 4 rings (SSSR count). The van der Waals surface area contributed by atoms with E-state index in [1.165, 1.54) is 0 Å². The number of aromatic nitrogens is 1. The number of anilines is 2. The van der Waals surface area contributed by atoms with Crippen molar-refractivity contribution in [1.82, 2.24) is 4.98 Å². The maximum Gasteiger partial charge on any atom is 0.261 e. The third kappa shape index (κ3) is 2.85. The monoisotopic (exact) mass is 349 g/mol. The van der Waals surface area contributed by atoms with Crippen molar-refractivity contribution in [3.05, 3.63) is 88.6 Å². The highest BCUT2D eigenvalue weighted by atomic mass is 35.5. The van der Waals surface area contributed by atoms with Crippen LogP contribution in [-0.2, 0) is 0 Å². The van der Waals surface area contributed by atoms with E-state index in [0.717, 1.165) is 16.8 Å². The number of fused-ring (bicyclic) bond motifs is 1. The quantitative estimate of drug-likeness (QED) is 0.737. The Morgan fingerprint density at radius 3 is 2.52 bits per heavy atom. The second kappa shape index (κ2) is 6.22. The number of carbonyl (C=O) groups excluding carboxylic acids is 1. The molecule has 1 aliphatic rings. The van der Waals surface area contributed by atoms with E-state index in [2.05, 4.69) is 10.3 Å². The molecule has 4 nitrogen and oxygen atoms in total. The van der Waals surface area contributed by atoms with E-state index in [0.29, 0.717) is 16.4 Å². The number of hydrogen-bond donors (Lipinski definition) is 1. The van der Waals surface area contributed by atoms with Crippen molar-refractivity contribution in [2.75, 3.05) is 10.2 Å². The number of carbonyl (C=O) groups is 1. The lowest BCUT2D eigenvalue weighted by Gasteiger charge is -2.26. The van der Waals surface area contributed by atoms with E-state index in [1.807, 2.05) is 67.6 Å². The fraction of sp³-hybridized carbons (Fsp3) is 0.100. The SMILES string of the molecule is Cc1ccc(N2C(=O)c3ccccc3[C@@H]2Nc2ccc(Cl)cc2)nc1. The maximum absolute atomic E-state index is 13.0. The van der Waals surface area contributed by atoms with Crippen LogP contribution in [0.3, 0.4) is 0 Å². The number of aryl methyl sites for hydroxylation is 1. The van der Waals surface area contributed by atoms with Crippen LogP contribution in [0.4, 0.5) is 11.5 Å². The van der Waals surface area contributed by atoms with Crippen LogP contribution in [0.2, 0.25) is 5.02 Å². The predicted octanol–water partition coefficient (Wildman–Crippen LogP) is 4.81. The van der Waals surface area contributed by atoms with Gasteiger partial charge in [-0.15, -0.1) is 0 Å². The molecule has 0 saturated carbocycles. The Labute approximate surface area is 151 Å². The zero-order chi connectivity index (χ0) is 17.4. The first-order valence-corrected chi connectivity index (χ1v) is 8.38. The normalized spacial score (nSPS) is 16.0. The van der Waals surface area contributed by atoms with Gasteiger partial charge in [0.25, 0.3) is 5.91 Å². The minimum atomic E-state index is -0.319. The van der Waals surface area contributed by atoms with Crippen LogP contribution in [-0.4, -0.2) is 10.9 Å². The molecule has 2 heterocycles. The van der Waals surface area contributed by atoms with Gasteiger partial charge in [-0.25, -0.2) is 4.98 Å². The summed E-state index contributed by atoms with van der Waals surface area (Å²) in [6.45, 7) is 1.97. The number of halogens is 1. The Morgan fingerprint density at radius 1 is 1.04 bits per heavy atom. The first kappa shape index (κ1) is 15.7. The summed E-state index contributed by atoms with van der Waals surface area (Å²) in [7, 11) is 0. The van der Waals surface area contributed by atoms with Crippen molar-refractivity contribution in [2.45, 2.75) is 13.1 Å². The molecule has 0 bridgehead atoms. The predicted molar refractivity (Wildman–Crippen MR) is 100 cm³/mol. The van der Waals surface area contributed by atoms with Crippen LogP contribution in [0.1, 0.15) is 27.7 Å². The van der Waals surface area contributed by atoms with E-state index in [4.69, 9.17) is 11.6 Å². The van der Waals surface area contributed by atoms with E-state index >= 15 is 0 Å². The lowest BCUT2D eigenvalue weighted by molar-refractivity contribution is 0.0992. The van der Waals surface area contributed by atoms with Gasteiger partial charge in [-0.2, -0.15) is 0 Å². The Kier molecular flexibility index (Phi) is 3.90. The summed E-state index contributed by atoms with van der Waals surface area (Å²) in [4.78, 5) is 19.1. The minimum Gasteiger partial charge on any atom is -0.361 e. The van der Waals surface area contributed by atoms with E-state index < -0.39 is 0 Å². The topological polar surface area (TPSA) is 45.2 Å². The fourth-order valence-corrected chi connectivity index (χ4v) is 3.13. The van der Waals surface area contributed by atoms with Crippen molar-refractivity contribution < 1.29 is 4.79 Å². The second-order valence-electron chi connectivity index (χ2n) is 6.01. The molecule has 25 heavy (non-hydrogen) atoms. The van der Waals surface area contributed by atoms with Crippen molar-refractivity contribution in [2.24, 2.45) is 0 Å². The molecular weight excluding hydrogens is 334 g/mol. The van der Waals surface area contributed by atoms with Gasteiger partial charge < -0.3 is 5.32 Å². The smallest absolute Gasteiger partial charge is 0.261 e. The average Bonchev–Trinajstić information content (AvgIpc) is 2.90. The number of rotatable bonds is 3. The summed E-state index contributed by atoms with van der Waals surface area (Å²) >= 11 is 5.97. The Balaban J connectivity index is 1.77. The highest BCUT2D eigenvalue weighted by molar-refractivity contribution is 6.30. The molecule has 1 amide bonds. The number of nitrogens with one attached hydrogen (secondary N) is 1. The van der Waals surface area contributed by atoms with Crippen LogP contribution < -0.4 is 10.2 Å². The third-order valence-corrected chi connectivity index (χ3v) is 4.50. The highest BCUT2D eigenvalue weighted by Crippen LogP contribution is 2.37. The molecule has 0 radical (unpaired) electrons. The Hall–Kier alpha value is -2.85. The molecule has 1 aliphatic heterocycles. The molecule has 1 atom stereocenters. The molecule has 0 saturated heterocycles. The first-order chi connectivity index (χ1) is 12.1. The van der Waals surface area contributed by atoms with Gasteiger partial charge in [-0.05, 0) is 48.9 Å². The summed E-state index contributed by atoms with van der Waals surface area (Å²) in [5.41, 5.74) is 3.56. The molecule has 1 aromatic heterocycles. The van der Waals surface area contributed by atoms with Crippen LogP contribution in [0.25, 0.3) is 0 Å². The molecule has 2 aromatic carbocycles. The average molecular weight is 350 g/mol. The van der Waals surface area contributed by atoms with Gasteiger partial charge in [0, 0.05) is 28.0 Å². The molecule has 0 aliphatic carbocycles. The Morgan fingerprint density at radius 2 is 1.80 bits per heavy atom. The molecule has 124 valence electrons. The maximum atomic E-state index is 13.0. The Bertz CT molecular complexity index is 922. The number of pyridine rings is 1. The number of hydrogen-bond acceptors (Lipinski definition) is 3. The third-order valence-electron chi connectivity index (χ3n) is 4.25. The van der Waals surface area contributed by atoms with Crippen LogP contribution in [0.5, 0.6) is 0 Å². The molecule has 0 unspecified atom stereocenters. The lowest BCUT2D eigenvalue weighted by atomic mass is 10.1. The first-order valence-electron chi connectivity index (χ1n) is 8.01. The zero-order valence-electron chi connectivity index (χ0n) is 13.6. The largest absolute Gasteiger partial charge is 0.361 e. The van der Waals surface area contributed by atoms with Gasteiger partial charge >= 0.3 is 0 Å². The molecule has 5 heteroatoms. The van der Waals surface area contributed by atoms with Gasteiger partial charge in [0.15, 0.2) is 0 Å². The number of amides is 1. The molecule has 3 aromatic rings. The number of nitrogens with zero attached hydrogens (tertiary/aromatic N) is 2. The summed E-state index contributed by atoms with van der Waals surface area (Å²) in [6.07, 6.45) is 1.45. The number of benzene rings is 2. The molecule has 0 fully saturated rings. The summed E-state index contributed by atoms with van der Waals surface area (Å²) in [5.74, 6) is 0.566. The zero-order valence-corrected chi connectivity index (χ0v) is 14.4. The van der Waals surface area contributed by atoms with Gasteiger partial charge in [0.1, 0.15) is 12.0 Å². The molecule has 0 spiro atoms. The van der Waals surface area contributed by atoms with Crippen LogP contribution >= 0.6 is 11.6 Å². The fourth-order valence-electron chi connectivity index (χ4n) is 3.00. The second-order valence-corrected chi connectivity index (χ2v) is 6.45. The lowest BCUT2D eigenvalue weighted by Crippen LogP contribution is -2.32. The van der Waals surface area contributed by atoms with Crippen molar-refractivity contribution >= 4 is 29.0 Å². The van der Waals surface area contributed by atoms with Gasteiger partial charge in [-0.1, -0.05) is 35.9 Å². The van der Waals surface area contributed by atoms with E-state index in [1.54, 1.807) is 11.1 Å². The molecule has 1 N–H and O–H groups in total. The molecular formula is C20H16ClN3O. The van der Waals surface area contributed by atoms with Crippen molar-refractivity contribution in [1.29, 1.82) is 0 Å². The van der Waals surface area contributed by atoms with Gasteiger partial charge in [0.05, 0.1) is 0 Å². The van der Waals surface area contributed by atoms with Crippen molar-refractivity contribution in [3.8, 4) is 0 Å². The summed E-state index contributed by atoms with van der Waals surface area (Å²) in [5, 5.41) is 4.10. The van der Waals surface area contributed by atoms with Gasteiger partial charge in [0.2, 0.25) is 0 Å². The van der Waals surface area contributed by atoms with E-state index in [-0.39, 0.29) is 12.1 Å².